The van der Waals surface area contributed by atoms with Gasteiger partial charge in [0, 0.05) is 0 Å². The van der Waals surface area contributed by atoms with Crippen LogP contribution < -0.4 is 5.43 Å². The number of rotatable bonds is 11. The van der Waals surface area contributed by atoms with Crippen LogP contribution in [0.15, 0.2) is 0 Å². The molecule has 0 aromatic heterocycles. The maximum absolute atomic E-state index is 12.8. The van der Waals surface area contributed by atoms with E-state index in [0.29, 0.717) is 24.3 Å². The topological polar surface area (TPSA) is 99.2 Å². The predicted molar refractivity (Wildman–Crippen MR) is 103 cm³/mol. The van der Waals surface area contributed by atoms with Crippen LogP contribution >= 0.6 is 0 Å². The Bertz CT molecular complexity index is 461. The summed E-state index contributed by atoms with van der Waals surface area (Å²) in [6, 6.07) is -0.212. The minimum Gasteiger partial charge on any atom is -0.442 e. The van der Waals surface area contributed by atoms with Gasteiger partial charge in [-0.3, -0.25) is 20.2 Å². The van der Waals surface area contributed by atoms with Crippen LogP contribution in [0.25, 0.3) is 0 Å². The molecule has 27 heavy (non-hydrogen) atoms. The zero-order valence-electron chi connectivity index (χ0n) is 17.7. The van der Waals surface area contributed by atoms with E-state index in [9.17, 15) is 19.6 Å². The fraction of sp³-hybridized carbons (Fsp3) is 0.842. The van der Waals surface area contributed by atoms with Crippen LogP contribution in [-0.4, -0.2) is 51.9 Å². The molecule has 0 aliphatic heterocycles. The lowest BCUT2D eigenvalue weighted by molar-refractivity contribution is -0.155. The van der Waals surface area contributed by atoms with Gasteiger partial charge in [-0.25, -0.2) is 14.9 Å². The predicted octanol–water partition coefficient (Wildman–Crippen LogP) is 3.49. The number of unbranched alkanes of at least 4 members (excludes halogenated alkanes) is 2. The first-order chi connectivity index (χ1) is 12.6. The Balaban J connectivity index is 5.31. The van der Waals surface area contributed by atoms with E-state index in [-0.39, 0.29) is 19.0 Å². The summed E-state index contributed by atoms with van der Waals surface area (Å²) in [7, 11) is 0. The number of nitrogens with one attached hydrogen (secondary N) is 1. The van der Waals surface area contributed by atoms with Crippen molar-refractivity contribution in [3.05, 3.63) is 0 Å². The van der Waals surface area contributed by atoms with E-state index < -0.39 is 23.5 Å². The molecule has 158 valence electrons. The third-order valence-corrected chi connectivity index (χ3v) is 4.18. The molecule has 0 spiro atoms. The number of hydrogen-bond acceptors (Lipinski definition) is 5. The summed E-state index contributed by atoms with van der Waals surface area (Å²) >= 11 is 0. The minimum atomic E-state index is -0.688. The lowest BCUT2D eigenvalue weighted by Gasteiger charge is -2.33. The first kappa shape index (κ1) is 25.2. The molecule has 1 unspecified atom stereocenters. The lowest BCUT2D eigenvalue weighted by atomic mass is 10.0. The number of hydrazine groups is 1. The van der Waals surface area contributed by atoms with Crippen molar-refractivity contribution in [2.75, 3.05) is 6.54 Å². The fourth-order valence-corrected chi connectivity index (χ4v) is 2.68. The molecule has 0 aliphatic carbocycles. The standard InChI is InChI=1S/C19H37N3O5/c1-7-10-11-12-15(13-21(26)14-23)17(24)20-22(16(8-2)9-3)18(25)27-19(4,5)6/h14-16,26H,7-13H2,1-6H3,(H,20,24). The molecule has 0 aromatic rings. The third kappa shape index (κ3) is 10.2. The fourth-order valence-electron chi connectivity index (χ4n) is 2.68. The van der Waals surface area contributed by atoms with E-state index in [2.05, 4.69) is 12.3 Å². The molecule has 3 amide bonds. The highest BCUT2D eigenvalue weighted by molar-refractivity contribution is 5.81. The van der Waals surface area contributed by atoms with E-state index in [4.69, 9.17) is 4.74 Å². The quantitative estimate of drug-likeness (QED) is 0.245. The number of carbonyl (C=O) groups is 3. The zero-order chi connectivity index (χ0) is 21.0. The van der Waals surface area contributed by atoms with Gasteiger partial charge in [0.1, 0.15) is 5.60 Å². The number of hydroxylamine groups is 2. The zero-order valence-corrected chi connectivity index (χ0v) is 17.7. The van der Waals surface area contributed by atoms with E-state index in [0.717, 1.165) is 19.3 Å². The van der Waals surface area contributed by atoms with Crippen LogP contribution in [0.2, 0.25) is 0 Å². The van der Waals surface area contributed by atoms with Gasteiger partial charge in [-0.1, -0.05) is 40.0 Å². The second-order valence-electron chi connectivity index (χ2n) is 7.72. The molecular weight excluding hydrogens is 350 g/mol. The van der Waals surface area contributed by atoms with Crippen molar-refractivity contribution < 1.29 is 24.3 Å². The number of hydrogen-bond donors (Lipinski definition) is 2. The summed E-state index contributed by atoms with van der Waals surface area (Å²) in [4.78, 5) is 36.1. The summed E-state index contributed by atoms with van der Waals surface area (Å²) in [5, 5.41) is 11.2. The normalized spacial score (nSPS) is 12.4. The highest BCUT2D eigenvalue weighted by Gasteiger charge is 2.31. The Hall–Kier alpha value is -1.83. The molecule has 0 fully saturated rings. The van der Waals surface area contributed by atoms with E-state index in [1.807, 2.05) is 13.8 Å². The Kier molecular flexibility index (Phi) is 11.7. The Morgan fingerprint density at radius 2 is 1.74 bits per heavy atom. The maximum Gasteiger partial charge on any atom is 0.429 e. The van der Waals surface area contributed by atoms with Crippen LogP contribution in [0.1, 0.15) is 80.1 Å². The highest BCUT2D eigenvalue weighted by atomic mass is 16.6. The number of nitrogens with zero attached hydrogens (tertiary/aromatic N) is 2. The van der Waals surface area contributed by atoms with E-state index >= 15 is 0 Å². The van der Waals surface area contributed by atoms with Crippen molar-refractivity contribution in [3.8, 4) is 0 Å². The van der Waals surface area contributed by atoms with Gasteiger partial charge in [-0.2, -0.15) is 0 Å². The molecule has 1 atom stereocenters. The maximum atomic E-state index is 12.8. The molecule has 0 bridgehead atoms. The number of ether oxygens (including phenoxy) is 1. The first-order valence-electron chi connectivity index (χ1n) is 9.83. The van der Waals surface area contributed by atoms with Crippen LogP contribution in [0.3, 0.4) is 0 Å². The van der Waals surface area contributed by atoms with Crippen molar-refractivity contribution in [1.29, 1.82) is 0 Å². The van der Waals surface area contributed by atoms with Crippen molar-refractivity contribution in [1.82, 2.24) is 15.5 Å². The van der Waals surface area contributed by atoms with E-state index in [1.54, 1.807) is 20.8 Å². The molecule has 0 rings (SSSR count). The van der Waals surface area contributed by atoms with Crippen LogP contribution in [0.5, 0.6) is 0 Å². The molecule has 0 aromatic carbocycles. The van der Waals surface area contributed by atoms with Crippen molar-refractivity contribution in [3.63, 3.8) is 0 Å². The first-order valence-corrected chi connectivity index (χ1v) is 9.83. The number of amides is 3. The summed E-state index contributed by atoms with van der Waals surface area (Å²) in [5.74, 6) is -1.03. The second-order valence-corrected chi connectivity index (χ2v) is 7.72. The molecule has 2 N–H and O–H groups in total. The van der Waals surface area contributed by atoms with Gasteiger partial charge >= 0.3 is 6.09 Å². The van der Waals surface area contributed by atoms with Crippen LogP contribution in [-0.2, 0) is 14.3 Å². The molecular formula is C19H37N3O5. The summed E-state index contributed by atoms with van der Waals surface area (Å²) in [5.41, 5.74) is 1.98. The molecule has 0 radical (unpaired) electrons. The van der Waals surface area contributed by atoms with E-state index in [1.165, 1.54) is 5.01 Å². The van der Waals surface area contributed by atoms with Gasteiger partial charge in [-0.05, 0) is 40.0 Å². The average molecular weight is 388 g/mol. The van der Waals surface area contributed by atoms with Gasteiger partial charge in [-0.15, -0.1) is 0 Å². The monoisotopic (exact) mass is 387 g/mol. The molecule has 0 heterocycles. The van der Waals surface area contributed by atoms with Crippen LogP contribution in [0.4, 0.5) is 4.79 Å². The molecule has 8 nitrogen and oxygen atoms in total. The molecule has 0 aliphatic rings. The van der Waals surface area contributed by atoms with Gasteiger partial charge in [0.15, 0.2) is 0 Å². The average Bonchev–Trinajstić information content (AvgIpc) is 2.59. The van der Waals surface area contributed by atoms with Crippen molar-refractivity contribution in [2.24, 2.45) is 5.92 Å². The minimum absolute atomic E-state index is 0.121. The third-order valence-electron chi connectivity index (χ3n) is 4.18. The van der Waals surface area contributed by atoms with Crippen molar-refractivity contribution in [2.45, 2.75) is 91.7 Å². The van der Waals surface area contributed by atoms with Gasteiger partial charge in [0.25, 0.3) is 0 Å². The van der Waals surface area contributed by atoms with Crippen LogP contribution in [0, 0.1) is 5.92 Å². The summed E-state index contributed by atoms with van der Waals surface area (Å²) in [6.07, 6.45) is 4.18. The SMILES string of the molecule is CCCCCC(CN(O)C=O)C(=O)NN(C(=O)OC(C)(C)C)C(CC)CC. The smallest absolute Gasteiger partial charge is 0.429 e. The van der Waals surface area contributed by atoms with Crippen molar-refractivity contribution >= 4 is 18.4 Å². The number of carbonyl (C=O) groups excluding carboxylic acids is 3. The van der Waals surface area contributed by atoms with Gasteiger partial charge in [0.05, 0.1) is 18.5 Å². The summed E-state index contributed by atoms with van der Waals surface area (Å²) in [6.45, 7) is 11.1. The Morgan fingerprint density at radius 3 is 2.19 bits per heavy atom. The molecule has 0 saturated carbocycles. The summed E-state index contributed by atoms with van der Waals surface area (Å²) < 4.78 is 5.42. The largest absolute Gasteiger partial charge is 0.442 e. The lowest BCUT2D eigenvalue weighted by Crippen LogP contribution is -2.55. The molecule has 0 saturated heterocycles. The molecule has 8 heteroatoms. The highest BCUT2D eigenvalue weighted by Crippen LogP contribution is 2.16. The van der Waals surface area contributed by atoms with Gasteiger partial charge in [0.2, 0.25) is 12.3 Å². The van der Waals surface area contributed by atoms with Gasteiger partial charge < -0.3 is 4.74 Å². The second kappa shape index (κ2) is 12.5. The Morgan fingerprint density at radius 1 is 1.15 bits per heavy atom. The Labute approximate surface area is 163 Å².